The van der Waals surface area contributed by atoms with E-state index in [1.807, 2.05) is 0 Å². The number of piperidine rings is 1. The summed E-state index contributed by atoms with van der Waals surface area (Å²) >= 11 is 0. The number of hydrogen-bond acceptors (Lipinski definition) is 5. The lowest BCUT2D eigenvalue weighted by molar-refractivity contribution is 0.0693. The number of rotatable bonds is 8. The van der Waals surface area contributed by atoms with Crippen LogP contribution < -0.4 is 9.46 Å². The summed E-state index contributed by atoms with van der Waals surface area (Å²) in [7, 11) is -2.19. The van der Waals surface area contributed by atoms with Crippen molar-refractivity contribution in [3.63, 3.8) is 0 Å². The number of ether oxygens (including phenoxy) is 1. The number of nitrogens with one attached hydrogen (secondary N) is 1. The number of hydrogen-bond donors (Lipinski definition) is 1. The van der Waals surface area contributed by atoms with Crippen LogP contribution in [-0.4, -0.2) is 70.5 Å². The van der Waals surface area contributed by atoms with Crippen LogP contribution in [-0.2, 0) is 10.0 Å². The van der Waals surface area contributed by atoms with Crippen molar-refractivity contribution in [2.24, 2.45) is 5.92 Å². The van der Waals surface area contributed by atoms with E-state index in [2.05, 4.69) is 16.5 Å². The van der Waals surface area contributed by atoms with Gasteiger partial charge in [0.2, 0.25) is 10.0 Å². The molecule has 0 aromatic heterocycles. The maximum Gasteiger partial charge on any atom is 0.257 e. The minimum Gasteiger partial charge on any atom is -0.496 e. The summed E-state index contributed by atoms with van der Waals surface area (Å²) in [6.45, 7) is 7.07. The number of amides is 1. The van der Waals surface area contributed by atoms with Gasteiger partial charge < -0.3 is 14.5 Å². The molecule has 0 saturated carbocycles. The fourth-order valence-electron chi connectivity index (χ4n) is 4.36. The van der Waals surface area contributed by atoms with Gasteiger partial charge in [-0.2, -0.15) is 0 Å². The number of nitrogens with zero attached hydrogens (tertiary/aromatic N) is 2. The zero-order valence-corrected chi connectivity index (χ0v) is 19.8. The third-order valence-corrected chi connectivity index (χ3v) is 7.88. The van der Waals surface area contributed by atoms with Gasteiger partial charge in [-0.25, -0.2) is 13.1 Å². The molecule has 1 aromatic rings. The molecule has 1 aromatic carbocycles. The SMILES string of the molecule is COc1ccc(S(=O)(=O)NCCCN2CCCCCC2)cc1C(=O)N1CCC(C)CC1. The van der Waals surface area contributed by atoms with Crippen LogP contribution in [0, 0.1) is 5.92 Å². The maximum absolute atomic E-state index is 13.1. The van der Waals surface area contributed by atoms with Crippen molar-refractivity contribution in [3.8, 4) is 5.75 Å². The van der Waals surface area contributed by atoms with Gasteiger partial charge in [0.25, 0.3) is 5.91 Å². The minimum absolute atomic E-state index is 0.108. The Morgan fingerprint density at radius 3 is 2.42 bits per heavy atom. The lowest BCUT2D eigenvalue weighted by Crippen LogP contribution is -2.38. The summed E-state index contributed by atoms with van der Waals surface area (Å²) in [5.74, 6) is 0.849. The van der Waals surface area contributed by atoms with Crippen molar-refractivity contribution >= 4 is 15.9 Å². The minimum atomic E-state index is -3.69. The van der Waals surface area contributed by atoms with E-state index in [9.17, 15) is 13.2 Å². The average molecular weight is 452 g/mol. The first kappa shape index (κ1) is 24.0. The first-order valence-corrected chi connectivity index (χ1v) is 13.1. The number of carbonyl (C=O) groups excluding carboxylic acids is 1. The largest absolute Gasteiger partial charge is 0.496 e. The van der Waals surface area contributed by atoms with Gasteiger partial charge in [0.05, 0.1) is 17.6 Å². The molecule has 2 fully saturated rings. The van der Waals surface area contributed by atoms with Gasteiger partial charge in [0.1, 0.15) is 5.75 Å². The predicted octanol–water partition coefficient (Wildman–Crippen LogP) is 3.11. The molecule has 3 rings (SSSR count). The molecule has 2 aliphatic rings. The lowest BCUT2D eigenvalue weighted by atomic mass is 9.98. The Morgan fingerprint density at radius 2 is 1.77 bits per heavy atom. The van der Waals surface area contributed by atoms with Gasteiger partial charge in [-0.05, 0) is 75.9 Å². The van der Waals surface area contributed by atoms with Crippen LogP contribution in [0.15, 0.2) is 23.1 Å². The molecular weight excluding hydrogens is 414 g/mol. The Balaban J connectivity index is 1.62. The number of methoxy groups -OCH3 is 1. The van der Waals surface area contributed by atoms with Crippen molar-refractivity contribution < 1.29 is 17.9 Å². The second kappa shape index (κ2) is 11.3. The van der Waals surface area contributed by atoms with E-state index in [1.54, 1.807) is 11.0 Å². The topological polar surface area (TPSA) is 79.0 Å². The second-order valence-corrected chi connectivity index (χ2v) is 10.6. The summed E-state index contributed by atoms with van der Waals surface area (Å²) in [6, 6.07) is 4.53. The molecular formula is C23H37N3O4S. The fraction of sp³-hybridized carbons (Fsp3) is 0.696. The van der Waals surface area contributed by atoms with Crippen LogP contribution in [0.25, 0.3) is 0 Å². The normalized spacial score (nSPS) is 19.2. The molecule has 1 amide bonds. The van der Waals surface area contributed by atoms with Gasteiger partial charge in [-0.3, -0.25) is 4.79 Å². The molecule has 31 heavy (non-hydrogen) atoms. The molecule has 0 unspecified atom stereocenters. The molecule has 174 valence electrons. The van der Waals surface area contributed by atoms with E-state index in [1.165, 1.54) is 44.9 Å². The van der Waals surface area contributed by atoms with Gasteiger partial charge in [0, 0.05) is 19.6 Å². The van der Waals surface area contributed by atoms with Crippen LogP contribution in [0.4, 0.5) is 0 Å². The molecule has 0 spiro atoms. The molecule has 0 aliphatic carbocycles. The molecule has 0 bridgehead atoms. The van der Waals surface area contributed by atoms with E-state index in [0.717, 1.165) is 38.9 Å². The number of sulfonamides is 1. The van der Waals surface area contributed by atoms with E-state index in [-0.39, 0.29) is 10.8 Å². The van der Waals surface area contributed by atoms with E-state index < -0.39 is 10.0 Å². The summed E-state index contributed by atoms with van der Waals surface area (Å²) < 4.78 is 33.7. The zero-order valence-electron chi connectivity index (χ0n) is 18.9. The number of likely N-dealkylation sites (tertiary alicyclic amines) is 2. The zero-order chi connectivity index (χ0) is 22.3. The first-order valence-electron chi connectivity index (χ1n) is 11.6. The Kier molecular flexibility index (Phi) is 8.75. The van der Waals surface area contributed by atoms with Crippen molar-refractivity contribution in [2.45, 2.75) is 56.8 Å². The Labute approximate surface area is 187 Å². The molecule has 0 atom stereocenters. The highest BCUT2D eigenvalue weighted by atomic mass is 32.2. The molecule has 2 aliphatic heterocycles. The highest BCUT2D eigenvalue weighted by Gasteiger charge is 2.26. The third kappa shape index (κ3) is 6.67. The Hall–Kier alpha value is -1.64. The highest BCUT2D eigenvalue weighted by Crippen LogP contribution is 2.26. The van der Waals surface area contributed by atoms with Crippen molar-refractivity contribution in [1.82, 2.24) is 14.5 Å². The second-order valence-electron chi connectivity index (χ2n) is 8.84. The lowest BCUT2D eigenvalue weighted by Gasteiger charge is -2.30. The third-order valence-electron chi connectivity index (χ3n) is 6.42. The van der Waals surface area contributed by atoms with Crippen molar-refractivity contribution in [1.29, 1.82) is 0 Å². The smallest absolute Gasteiger partial charge is 0.257 e. The fourth-order valence-corrected chi connectivity index (χ4v) is 5.46. The maximum atomic E-state index is 13.1. The molecule has 2 heterocycles. The monoisotopic (exact) mass is 451 g/mol. The van der Waals surface area contributed by atoms with Crippen molar-refractivity contribution in [2.75, 3.05) is 46.4 Å². The summed E-state index contributed by atoms with van der Waals surface area (Å²) in [5.41, 5.74) is 0.310. The van der Waals surface area contributed by atoms with Crippen LogP contribution in [0.3, 0.4) is 0 Å². The van der Waals surface area contributed by atoms with Crippen molar-refractivity contribution in [3.05, 3.63) is 23.8 Å². The van der Waals surface area contributed by atoms with Gasteiger partial charge in [-0.15, -0.1) is 0 Å². The van der Waals surface area contributed by atoms with Crippen LogP contribution >= 0.6 is 0 Å². The summed E-state index contributed by atoms with van der Waals surface area (Å²) in [6.07, 6.45) is 7.73. The van der Waals surface area contributed by atoms with E-state index in [0.29, 0.717) is 36.9 Å². The summed E-state index contributed by atoms with van der Waals surface area (Å²) in [4.78, 5) is 17.4. The predicted molar refractivity (Wildman–Crippen MR) is 122 cm³/mol. The van der Waals surface area contributed by atoms with Crippen LogP contribution in [0.2, 0.25) is 0 Å². The van der Waals surface area contributed by atoms with Gasteiger partial charge >= 0.3 is 0 Å². The standard InChI is InChI=1S/C23H37N3O4S/c1-19-10-16-26(17-11-19)23(27)21-18-20(8-9-22(21)30-2)31(28,29)24-12-7-15-25-13-5-3-4-6-14-25/h8-9,18-19,24H,3-7,10-17H2,1-2H3. The van der Waals surface area contributed by atoms with Crippen LogP contribution in [0.5, 0.6) is 5.75 Å². The molecule has 7 nitrogen and oxygen atoms in total. The van der Waals surface area contributed by atoms with Crippen LogP contribution in [0.1, 0.15) is 62.2 Å². The quantitative estimate of drug-likeness (QED) is 0.615. The highest BCUT2D eigenvalue weighted by molar-refractivity contribution is 7.89. The van der Waals surface area contributed by atoms with E-state index in [4.69, 9.17) is 4.74 Å². The average Bonchev–Trinajstić information content (AvgIpc) is 3.05. The van der Waals surface area contributed by atoms with E-state index >= 15 is 0 Å². The molecule has 2 saturated heterocycles. The Morgan fingerprint density at radius 1 is 1.10 bits per heavy atom. The molecule has 8 heteroatoms. The van der Waals surface area contributed by atoms with Gasteiger partial charge in [0.15, 0.2) is 0 Å². The first-order chi connectivity index (χ1) is 14.9. The number of benzene rings is 1. The number of carbonyl (C=O) groups is 1. The molecule has 0 radical (unpaired) electrons. The molecule has 1 N–H and O–H groups in total. The summed E-state index contributed by atoms with van der Waals surface area (Å²) in [5, 5.41) is 0. The van der Waals surface area contributed by atoms with Gasteiger partial charge in [-0.1, -0.05) is 19.8 Å². The Bertz CT molecular complexity index is 827.